The lowest BCUT2D eigenvalue weighted by Crippen LogP contribution is -2.49. The SMILES string of the molecule is CCCC(O)C(CC(C)C)C(=O)NC1N=C(c2ccccc2)c2ccccc2N(C)C1=O. The van der Waals surface area contributed by atoms with Gasteiger partial charge >= 0.3 is 0 Å². The summed E-state index contributed by atoms with van der Waals surface area (Å²) in [6.07, 6.45) is 0.0288. The Bertz CT molecular complexity index is 971. The molecule has 2 amide bonds. The lowest BCUT2D eigenvalue weighted by Gasteiger charge is -2.26. The summed E-state index contributed by atoms with van der Waals surface area (Å²) in [4.78, 5) is 32.8. The van der Waals surface area contributed by atoms with E-state index in [1.807, 2.05) is 75.4 Å². The van der Waals surface area contributed by atoms with Gasteiger partial charge in [-0.15, -0.1) is 0 Å². The number of carbonyl (C=O) groups is 2. The molecule has 0 bridgehead atoms. The van der Waals surface area contributed by atoms with Crippen LogP contribution in [0.1, 0.15) is 51.2 Å². The standard InChI is InChI=1S/C26H33N3O3/c1-5-11-22(30)20(16-17(2)3)25(31)28-24-26(32)29(4)21-15-10-9-14-19(21)23(27-24)18-12-7-6-8-13-18/h6-10,12-15,17,20,22,24,30H,5,11,16H2,1-4H3,(H,28,31). The maximum Gasteiger partial charge on any atom is 0.272 e. The summed E-state index contributed by atoms with van der Waals surface area (Å²) in [6, 6.07) is 17.2. The number of aliphatic hydroxyl groups excluding tert-OH is 1. The highest BCUT2D eigenvalue weighted by Gasteiger charge is 2.34. The minimum absolute atomic E-state index is 0.234. The van der Waals surface area contributed by atoms with Crippen molar-refractivity contribution in [1.82, 2.24) is 5.32 Å². The predicted molar refractivity (Wildman–Crippen MR) is 128 cm³/mol. The number of anilines is 1. The topological polar surface area (TPSA) is 82.0 Å². The minimum atomic E-state index is -1.07. The smallest absolute Gasteiger partial charge is 0.272 e. The molecule has 0 spiro atoms. The predicted octanol–water partition coefficient (Wildman–Crippen LogP) is 3.77. The van der Waals surface area contributed by atoms with Gasteiger partial charge in [-0.25, -0.2) is 4.99 Å². The van der Waals surface area contributed by atoms with Crippen LogP contribution in [0.2, 0.25) is 0 Å². The van der Waals surface area contributed by atoms with Crippen LogP contribution in [0.3, 0.4) is 0 Å². The molecule has 0 saturated heterocycles. The minimum Gasteiger partial charge on any atom is -0.392 e. The molecule has 6 nitrogen and oxygen atoms in total. The molecule has 0 radical (unpaired) electrons. The number of nitrogens with zero attached hydrogens (tertiary/aromatic N) is 2. The molecule has 3 unspecified atom stereocenters. The summed E-state index contributed by atoms with van der Waals surface area (Å²) in [6.45, 7) is 6.02. The highest BCUT2D eigenvalue weighted by molar-refractivity contribution is 6.20. The van der Waals surface area contributed by atoms with E-state index in [4.69, 9.17) is 4.99 Å². The van der Waals surface area contributed by atoms with Crippen LogP contribution in [0.4, 0.5) is 5.69 Å². The van der Waals surface area contributed by atoms with E-state index in [0.29, 0.717) is 18.6 Å². The number of rotatable bonds is 8. The van der Waals surface area contributed by atoms with Gasteiger partial charge in [-0.1, -0.05) is 75.7 Å². The van der Waals surface area contributed by atoms with Gasteiger partial charge in [0.25, 0.3) is 5.91 Å². The molecule has 32 heavy (non-hydrogen) atoms. The zero-order valence-electron chi connectivity index (χ0n) is 19.3. The summed E-state index contributed by atoms with van der Waals surface area (Å²) < 4.78 is 0. The maximum atomic E-state index is 13.3. The number of aliphatic imine (C=N–C) groups is 1. The second kappa shape index (κ2) is 10.6. The Kier molecular flexibility index (Phi) is 7.80. The summed E-state index contributed by atoms with van der Waals surface area (Å²) in [5.74, 6) is -1.01. The number of para-hydroxylation sites is 1. The second-order valence-electron chi connectivity index (χ2n) is 8.76. The van der Waals surface area contributed by atoms with Crippen LogP contribution in [0, 0.1) is 11.8 Å². The third-order valence-electron chi connectivity index (χ3n) is 5.78. The van der Waals surface area contributed by atoms with Gasteiger partial charge in [0.15, 0.2) is 0 Å². The van der Waals surface area contributed by atoms with Gasteiger partial charge in [-0.3, -0.25) is 9.59 Å². The Hall–Kier alpha value is -2.99. The molecule has 0 fully saturated rings. The molecule has 1 heterocycles. The average Bonchev–Trinajstić information content (AvgIpc) is 2.89. The van der Waals surface area contributed by atoms with Crippen LogP contribution in [0.15, 0.2) is 59.6 Å². The van der Waals surface area contributed by atoms with E-state index in [1.165, 1.54) is 0 Å². The molecule has 0 aliphatic carbocycles. The van der Waals surface area contributed by atoms with Crippen molar-refractivity contribution >= 4 is 23.2 Å². The fourth-order valence-corrected chi connectivity index (χ4v) is 4.13. The number of aliphatic hydroxyl groups is 1. The van der Waals surface area contributed by atoms with E-state index in [2.05, 4.69) is 5.32 Å². The zero-order chi connectivity index (χ0) is 23.3. The molecular formula is C26H33N3O3. The van der Waals surface area contributed by atoms with Crippen LogP contribution in [0.5, 0.6) is 0 Å². The van der Waals surface area contributed by atoms with E-state index in [0.717, 1.165) is 23.2 Å². The quantitative estimate of drug-likeness (QED) is 0.662. The number of hydrogen-bond acceptors (Lipinski definition) is 4. The Morgan fingerprint density at radius 2 is 1.78 bits per heavy atom. The number of amides is 2. The van der Waals surface area contributed by atoms with Crippen molar-refractivity contribution in [3.63, 3.8) is 0 Å². The largest absolute Gasteiger partial charge is 0.392 e. The third kappa shape index (κ3) is 5.25. The number of nitrogens with one attached hydrogen (secondary N) is 1. The monoisotopic (exact) mass is 435 g/mol. The first kappa shape index (κ1) is 23.7. The average molecular weight is 436 g/mol. The third-order valence-corrected chi connectivity index (χ3v) is 5.78. The number of likely N-dealkylation sites (N-methyl/N-ethyl adjacent to an activating group) is 1. The van der Waals surface area contributed by atoms with Gasteiger partial charge in [0, 0.05) is 18.2 Å². The number of hydrogen-bond donors (Lipinski definition) is 2. The fraction of sp³-hybridized carbons (Fsp3) is 0.423. The van der Waals surface area contributed by atoms with Crippen molar-refractivity contribution in [2.24, 2.45) is 16.8 Å². The van der Waals surface area contributed by atoms with Crippen molar-refractivity contribution in [2.45, 2.75) is 52.3 Å². The summed E-state index contributed by atoms with van der Waals surface area (Å²) >= 11 is 0. The van der Waals surface area contributed by atoms with E-state index >= 15 is 0 Å². The molecule has 170 valence electrons. The van der Waals surface area contributed by atoms with Crippen LogP contribution in [-0.4, -0.2) is 41.9 Å². The van der Waals surface area contributed by atoms with Crippen molar-refractivity contribution < 1.29 is 14.7 Å². The van der Waals surface area contributed by atoms with Crippen molar-refractivity contribution in [3.8, 4) is 0 Å². The number of benzodiazepines with no additional fused rings is 1. The molecule has 3 rings (SSSR count). The Morgan fingerprint density at radius 1 is 1.12 bits per heavy atom. The second-order valence-corrected chi connectivity index (χ2v) is 8.76. The molecule has 0 aromatic heterocycles. The highest BCUT2D eigenvalue weighted by Crippen LogP contribution is 2.27. The maximum absolute atomic E-state index is 13.3. The first-order valence-electron chi connectivity index (χ1n) is 11.3. The summed E-state index contributed by atoms with van der Waals surface area (Å²) in [5.41, 5.74) is 3.09. The lowest BCUT2D eigenvalue weighted by molar-refractivity contribution is -0.133. The zero-order valence-corrected chi connectivity index (χ0v) is 19.3. The molecule has 2 aromatic rings. The van der Waals surface area contributed by atoms with Crippen LogP contribution >= 0.6 is 0 Å². The van der Waals surface area contributed by atoms with Gasteiger partial charge in [0.2, 0.25) is 12.1 Å². The normalized spacial score (nSPS) is 17.9. The summed E-state index contributed by atoms with van der Waals surface area (Å²) in [5, 5.41) is 13.5. The van der Waals surface area contributed by atoms with Crippen molar-refractivity contribution in [2.75, 3.05) is 11.9 Å². The lowest BCUT2D eigenvalue weighted by atomic mass is 9.89. The van der Waals surface area contributed by atoms with Crippen molar-refractivity contribution in [3.05, 3.63) is 65.7 Å². The molecule has 1 aliphatic heterocycles. The van der Waals surface area contributed by atoms with Crippen LogP contribution in [-0.2, 0) is 9.59 Å². The highest BCUT2D eigenvalue weighted by atomic mass is 16.3. The number of carbonyl (C=O) groups excluding carboxylic acids is 2. The molecule has 2 aromatic carbocycles. The van der Waals surface area contributed by atoms with Gasteiger partial charge in [-0.05, 0) is 24.8 Å². The van der Waals surface area contributed by atoms with E-state index in [9.17, 15) is 14.7 Å². The number of benzene rings is 2. The molecule has 1 aliphatic rings. The Balaban J connectivity index is 2.00. The van der Waals surface area contributed by atoms with Crippen LogP contribution in [0.25, 0.3) is 0 Å². The van der Waals surface area contributed by atoms with Gasteiger partial charge in [0.05, 0.1) is 23.4 Å². The molecule has 0 saturated carbocycles. The molecule has 3 atom stereocenters. The molecule has 6 heteroatoms. The Labute approximate surface area is 190 Å². The van der Waals surface area contributed by atoms with Gasteiger partial charge in [-0.2, -0.15) is 0 Å². The Morgan fingerprint density at radius 3 is 2.44 bits per heavy atom. The summed E-state index contributed by atoms with van der Waals surface area (Å²) in [7, 11) is 1.70. The first-order chi connectivity index (χ1) is 15.3. The molecular weight excluding hydrogens is 402 g/mol. The van der Waals surface area contributed by atoms with Gasteiger partial charge < -0.3 is 15.3 Å². The molecule has 2 N–H and O–H groups in total. The van der Waals surface area contributed by atoms with E-state index in [-0.39, 0.29) is 17.7 Å². The first-order valence-corrected chi connectivity index (χ1v) is 11.3. The fourth-order valence-electron chi connectivity index (χ4n) is 4.13. The van der Waals surface area contributed by atoms with E-state index < -0.39 is 18.2 Å². The van der Waals surface area contributed by atoms with Crippen LogP contribution < -0.4 is 10.2 Å². The van der Waals surface area contributed by atoms with Gasteiger partial charge in [0.1, 0.15) is 0 Å². The number of fused-ring (bicyclic) bond motifs is 1. The van der Waals surface area contributed by atoms with Crippen molar-refractivity contribution in [1.29, 1.82) is 0 Å². The van der Waals surface area contributed by atoms with E-state index in [1.54, 1.807) is 11.9 Å².